The molecular weight excluding hydrogens is 340 g/mol. The van der Waals surface area contributed by atoms with E-state index in [-0.39, 0.29) is 5.91 Å². The molecule has 27 heavy (non-hydrogen) atoms. The number of carbonyl (C=O) groups is 1. The van der Waals surface area contributed by atoms with Crippen LogP contribution >= 0.6 is 0 Å². The number of pyridine rings is 1. The Morgan fingerprint density at radius 3 is 2.70 bits per heavy atom. The molecule has 0 spiro atoms. The number of methoxy groups -OCH3 is 1. The van der Waals surface area contributed by atoms with E-state index in [1.165, 1.54) is 0 Å². The van der Waals surface area contributed by atoms with Crippen LogP contribution in [0.4, 0.5) is 0 Å². The minimum absolute atomic E-state index is 0.318. The average Bonchev–Trinajstić information content (AvgIpc) is 2.95. The molecule has 0 radical (unpaired) electrons. The first-order chi connectivity index (χ1) is 13.0. The van der Waals surface area contributed by atoms with Crippen LogP contribution in [0.1, 0.15) is 32.9 Å². The van der Waals surface area contributed by atoms with E-state index in [1.54, 1.807) is 25.6 Å². The lowest BCUT2D eigenvalue weighted by molar-refractivity contribution is 0.0952. The Hall–Kier alpha value is -3.41. The zero-order valence-electron chi connectivity index (χ0n) is 15.9. The summed E-state index contributed by atoms with van der Waals surface area (Å²) in [5, 5.41) is 4.11. The molecule has 0 fully saturated rings. The second-order valence-corrected chi connectivity index (χ2v) is 6.25. The van der Waals surface area contributed by atoms with E-state index in [0.717, 1.165) is 28.3 Å². The van der Waals surface area contributed by atoms with Crippen LogP contribution in [0.25, 0.3) is 5.82 Å². The van der Waals surface area contributed by atoms with Crippen molar-refractivity contribution in [3.05, 3.63) is 76.7 Å². The van der Waals surface area contributed by atoms with Crippen LogP contribution in [0.5, 0.6) is 5.75 Å². The summed E-state index contributed by atoms with van der Waals surface area (Å²) in [7, 11) is 1.54. The third-order valence-corrected chi connectivity index (χ3v) is 4.32. The molecule has 0 saturated heterocycles. The van der Waals surface area contributed by atoms with Gasteiger partial charge in [0.15, 0.2) is 0 Å². The Labute approximate surface area is 158 Å². The van der Waals surface area contributed by atoms with Crippen LogP contribution in [0, 0.1) is 20.8 Å². The number of aryl methyl sites for hydroxylation is 2. The molecular formula is C21H22N4O2. The molecule has 1 amide bonds. The van der Waals surface area contributed by atoms with E-state index in [9.17, 15) is 4.79 Å². The maximum Gasteiger partial charge on any atom is 0.275 e. The van der Waals surface area contributed by atoms with Crippen molar-refractivity contribution in [2.75, 3.05) is 7.11 Å². The van der Waals surface area contributed by atoms with E-state index >= 15 is 0 Å². The van der Waals surface area contributed by atoms with Gasteiger partial charge in [-0.1, -0.05) is 12.1 Å². The van der Waals surface area contributed by atoms with Gasteiger partial charge in [0.05, 0.1) is 18.9 Å². The summed E-state index contributed by atoms with van der Waals surface area (Å²) >= 11 is 0. The van der Waals surface area contributed by atoms with Crippen molar-refractivity contribution in [2.45, 2.75) is 20.8 Å². The molecule has 0 aliphatic carbocycles. The smallest absolute Gasteiger partial charge is 0.275 e. The largest absolute Gasteiger partial charge is 0.496 e. The number of rotatable bonds is 5. The highest BCUT2D eigenvalue weighted by Gasteiger charge is 2.12. The lowest BCUT2D eigenvalue weighted by Crippen LogP contribution is -2.18. The molecule has 138 valence electrons. The number of benzene rings is 1. The molecule has 2 aromatic heterocycles. The number of carbonyl (C=O) groups excluding carboxylic acids is 1. The van der Waals surface area contributed by atoms with Gasteiger partial charge in [-0.2, -0.15) is 5.10 Å². The molecule has 3 rings (SSSR count). The molecule has 0 atom stereocenters. The molecule has 0 bridgehead atoms. The summed E-state index contributed by atoms with van der Waals surface area (Å²) in [5.41, 5.74) is 6.98. The first-order valence-corrected chi connectivity index (χ1v) is 8.59. The van der Waals surface area contributed by atoms with Gasteiger partial charge in [0.25, 0.3) is 5.91 Å². The number of aromatic nitrogens is 2. The van der Waals surface area contributed by atoms with Gasteiger partial charge in [0.2, 0.25) is 0 Å². The van der Waals surface area contributed by atoms with Crippen molar-refractivity contribution in [2.24, 2.45) is 5.10 Å². The van der Waals surface area contributed by atoms with Gasteiger partial charge in [-0.3, -0.25) is 4.79 Å². The van der Waals surface area contributed by atoms with Gasteiger partial charge in [-0.05, 0) is 56.7 Å². The van der Waals surface area contributed by atoms with Gasteiger partial charge in [-0.25, -0.2) is 10.4 Å². The fraction of sp³-hybridized carbons (Fsp3) is 0.190. The van der Waals surface area contributed by atoms with Gasteiger partial charge >= 0.3 is 0 Å². The van der Waals surface area contributed by atoms with Gasteiger partial charge < -0.3 is 9.30 Å². The molecule has 0 saturated carbocycles. The number of nitrogens with zero attached hydrogens (tertiary/aromatic N) is 3. The number of hydrazone groups is 1. The van der Waals surface area contributed by atoms with Crippen LogP contribution < -0.4 is 10.2 Å². The number of hydrogen-bond acceptors (Lipinski definition) is 4. The number of ether oxygens (including phenoxy) is 1. The van der Waals surface area contributed by atoms with E-state index in [1.807, 2.05) is 61.7 Å². The van der Waals surface area contributed by atoms with E-state index in [4.69, 9.17) is 4.74 Å². The Kier molecular flexibility index (Phi) is 5.35. The monoisotopic (exact) mass is 362 g/mol. The highest BCUT2D eigenvalue weighted by molar-refractivity contribution is 5.97. The second kappa shape index (κ2) is 7.86. The van der Waals surface area contributed by atoms with Crippen LogP contribution in [0.2, 0.25) is 0 Å². The maximum absolute atomic E-state index is 12.4. The number of amides is 1. The normalized spacial score (nSPS) is 11.0. The van der Waals surface area contributed by atoms with E-state index in [2.05, 4.69) is 15.5 Å². The molecule has 0 aliphatic heterocycles. The summed E-state index contributed by atoms with van der Waals surface area (Å²) in [5.74, 6) is 1.05. The summed E-state index contributed by atoms with van der Waals surface area (Å²) in [4.78, 5) is 16.8. The standard InChI is InChI=1S/C21H22N4O2/c1-14-8-9-18(19(11-14)27-4)21(26)24-23-13-17-12-15(2)25(16(17)3)20-7-5-6-10-22-20/h5-13H,1-4H3,(H,24,26)/b23-13-. The average molecular weight is 362 g/mol. The van der Waals surface area contributed by atoms with Crippen LogP contribution in [-0.4, -0.2) is 28.8 Å². The Balaban J connectivity index is 1.79. The van der Waals surface area contributed by atoms with Crippen molar-refractivity contribution >= 4 is 12.1 Å². The second-order valence-electron chi connectivity index (χ2n) is 6.25. The lowest BCUT2D eigenvalue weighted by atomic mass is 10.1. The van der Waals surface area contributed by atoms with Gasteiger partial charge in [-0.15, -0.1) is 0 Å². The third kappa shape index (κ3) is 3.89. The predicted molar refractivity (Wildman–Crippen MR) is 106 cm³/mol. The van der Waals surface area contributed by atoms with Crippen molar-refractivity contribution in [1.82, 2.24) is 15.0 Å². The molecule has 6 heteroatoms. The molecule has 3 aromatic rings. The first kappa shape index (κ1) is 18.4. The third-order valence-electron chi connectivity index (χ3n) is 4.32. The van der Waals surface area contributed by atoms with Crippen molar-refractivity contribution in [1.29, 1.82) is 0 Å². The van der Waals surface area contributed by atoms with Crippen LogP contribution in [0.3, 0.4) is 0 Å². The Morgan fingerprint density at radius 1 is 1.19 bits per heavy atom. The highest BCUT2D eigenvalue weighted by atomic mass is 16.5. The summed E-state index contributed by atoms with van der Waals surface area (Å²) in [6, 6.07) is 13.2. The van der Waals surface area contributed by atoms with Crippen LogP contribution in [-0.2, 0) is 0 Å². The van der Waals surface area contributed by atoms with Crippen molar-refractivity contribution in [3.63, 3.8) is 0 Å². The Bertz CT molecular complexity index is 991. The minimum atomic E-state index is -0.318. The number of hydrogen-bond donors (Lipinski definition) is 1. The van der Waals surface area contributed by atoms with Gasteiger partial charge in [0.1, 0.15) is 11.6 Å². The van der Waals surface area contributed by atoms with E-state index in [0.29, 0.717) is 11.3 Å². The highest BCUT2D eigenvalue weighted by Crippen LogP contribution is 2.20. The molecule has 0 aliphatic rings. The lowest BCUT2D eigenvalue weighted by Gasteiger charge is -2.08. The Morgan fingerprint density at radius 2 is 2.00 bits per heavy atom. The summed E-state index contributed by atoms with van der Waals surface area (Å²) in [6.45, 7) is 5.95. The van der Waals surface area contributed by atoms with Gasteiger partial charge in [0, 0.05) is 23.1 Å². The minimum Gasteiger partial charge on any atom is -0.496 e. The van der Waals surface area contributed by atoms with E-state index < -0.39 is 0 Å². The van der Waals surface area contributed by atoms with Crippen molar-refractivity contribution in [3.8, 4) is 11.6 Å². The zero-order chi connectivity index (χ0) is 19.4. The molecule has 1 aromatic carbocycles. The SMILES string of the molecule is COc1cc(C)ccc1C(=O)N/N=C\c1cc(C)n(-c2ccccn2)c1C. The summed E-state index contributed by atoms with van der Waals surface area (Å²) < 4.78 is 7.32. The molecule has 0 unspecified atom stereocenters. The fourth-order valence-electron chi connectivity index (χ4n) is 2.96. The maximum atomic E-state index is 12.4. The quantitative estimate of drug-likeness (QED) is 0.557. The predicted octanol–water partition coefficient (Wildman–Crippen LogP) is 3.57. The first-order valence-electron chi connectivity index (χ1n) is 8.59. The van der Waals surface area contributed by atoms with Crippen LogP contribution in [0.15, 0.2) is 53.8 Å². The number of nitrogens with one attached hydrogen (secondary N) is 1. The summed E-state index contributed by atoms with van der Waals surface area (Å²) in [6.07, 6.45) is 3.40. The van der Waals surface area contributed by atoms with Crippen molar-refractivity contribution < 1.29 is 9.53 Å². The molecule has 6 nitrogen and oxygen atoms in total. The zero-order valence-corrected chi connectivity index (χ0v) is 15.9. The molecule has 1 N–H and O–H groups in total. The molecule has 2 heterocycles. The fourth-order valence-corrected chi connectivity index (χ4v) is 2.96. The topological polar surface area (TPSA) is 68.5 Å².